The number of hydrogen-bond acceptors (Lipinski definition) is 6. The number of sulfonamides is 1. The van der Waals surface area contributed by atoms with Gasteiger partial charge in [-0.25, -0.2) is 23.1 Å². The first kappa shape index (κ1) is 23.0. The Morgan fingerprint density at radius 3 is 2.46 bits per heavy atom. The van der Waals surface area contributed by atoms with Crippen molar-refractivity contribution < 1.29 is 13.2 Å². The fourth-order valence-electron chi connectivity index (χ4n) is 3.26. The second-order valence-corrected chi connectivity index (χ2v) is 8.46. The average molecular weight is 426 g/mol. The highest BCUT2D eigenvalue weighted by Crippen LogP contribution is 2.41. The lowest BCUT2D eigenvalue weighted by molar-refractivity contribution is -0.120. The van der Waals surface area contributed by atoms with Crippen molar-refractivity contribution >= 4 is 40.7 Å². The largest absolute Gasteiger partial charge is 0.351 e. The summed E-state index contributed by atoms with van der Waals surface area (Å²) >= 11 is 0. The minimum absolute atomic E-state index is 0. The van der Waals surface area contributed by atoms with Crippen LogP contribution in [0.15, 0.2) is 18.5 Å². The average Bonchev–Trinajstić information content (AvgIpc) is 3.29. The molecule has 2 aliphatic rings. The monoisotopic (exact) mass is 425 g/mol. The van der Waals surface area contributed by atoms with Gasteiger partial charge in [-0.3, -0.25) is 9.69 Å². The molecule has 3 rings (SSSR count). The van der Waals surface area contributed by atoms with Crippen LogP contribution in [0.2, 0.25) is 0 Å². The van der Waals surface area contributed by atoms with Gasteiger partial charge in [0.05, 0.1) is 19.3 Å². The molecule has 1 aromatic heterocycles. The first-order valence-electron chi connectivity index (χ1n) is 8.13. The Kier molecular flexibility index (Phi) is 8.68. The summed E-state index contributed by atoms with van der Waals surface area (Å²) in [5.41, 5.74) is 0. The number of carbonyl (C=O) groups is 1. The van der Waals surface area contributed by atoms with Crippen LogP contribution in [-0.2, 0) is 21.4 Å². The Morgan fingerprint density at radius 2 is 1.88 bits per heavy atom. The van der Waals surface area contributed by atoms with Gasteiger partial charge in [-0.1, -0.05) is 0 Å². The summed E-state index contributed by atoms with van der Waals surface area (Å²) in [5, 5.41) is 2.99. The maximum absolute atomic E-state index is 12.0. The first-order chi connectivity index (χ1) is 11.4. The van der Waals surface area contributed by atoms with Crippen LogP contribution < -0.4 is 10.0 Å². The molecule has 1 aliphatic heterocycles. The van der Waals surface area contributed by atoms with Gasteiger partial charge in [-0.05, 0) is 30.7 Å². The number of amides is 1. The molecule has 0 aromatic carbocycles. The van der Waals surface area contributed by atoms with Crippen molar-refractivity contribution in [3.05, 3.63) is 24.3 Å². The van der Waals surface area contributed by atoms with Gasteiger partial charge >= 0.3 is 0 Å². The van der Waals surface area contributed by atoms with Gasteiger partial charge in [0.15, 0.2) is 0 Å². The zero-order valence-corrected chi connectivity index (χ0v) is 16.9. The molecule has 1 aromatic rings. The Labute approximate surface area is 166 Å². The van der Waals surface area contributed by atoms with Crippen LogP contribution in [0.25, 0.3) is 0 Å². The predicted octanol–water partition coefficient (Wildman–Crippen LogP) is 0.196. The molecule has 0 radical (unpaired) electrons. The Balaban J connectivity index is 0.00000169. The lowest BCUT2D eigenvalue weighted by atomic mass is 9.98. The Hall–Kier alpha value is -1.000. The summed E-state index contributed by atoms with van der Waals surface area (Å²) in [6, 6.07) is 1.84. The Bertz CT molecular complexity index is 688. The van der Waals surface area contributed by atoms with Gasteiger partial charge in [0.2, 0.25) is 15.9 Å². The quantitative estimate of drug-likeness (QED) is 0.646. The SMILES string of the molecule is CS(=O)(=O)NCC(=O)N[C@H]1CN(Cc2ncccn2)C[C@@H]1C1CC1.Cl.Cl. The number of likely N-dealkylation sites (tertiary alicyclic amines) is 1. The third-order valence-electron chi connectivity index (χ3n) is 4.49. The summed E-state index contributed by atoms with van der Waals surface area (Å²) in [6.45, 7) is 2.10. The van der Waals surface area contributed by atoms with E-state index in [4.69, 9.17) is 0 Å². The highest BCUT2D eigenvalue weighted by Gasteiger charge is 2.43. The van der Waals surface area contributed by atoms with E-state index in [1.807, 2.05) is 0 Å². The number of carbonyl (C=O) groups excluding carboxylic acids is 1. The zero-order valence-electron chi connectivity index (χ0n) is 14.5. The van der Waals surface area contributed by atoms with Crippen LogP contribution in [0.3, 0.4) is 0 Å². The number of rotatable bonds is 7. The number of aromatic nitrogens is 2. The smallest absolute Gasteiger partial charge is 0.235 e. The van der Waals surface area contributed by atoms with Crippen molar-refractivity contribution in [3.63, 3.8) is 0 Å². The van der Waals surface area contributed by atoms with E-state index in [0.29, 0.717) is 18.4 Å². The predicted molar refractivity (Wildman–Crippen MR) is 103 cm³/mol. The van der Waals surface area contributed by atoms with Gasteiger partial charge in [0.1, 0.15) is 5.82 Å². The third-order valence-corrected chi connectivity index (χ3v) is 5.16. The van der Waals surface area contributed by atoms with E-state index in [0.717, 1.165) is 25.2 Å². The molecule has 2 N–H and O–H groups in total. The number of nitrogens with one attached hydrogen (secondary N) is 2. The summed E-state index contributed by atoms with van der Waals surface area (Å²) in [7, 11) is -3.36. The maximum atomic E-state index is 12.0. The molecule has 8 nitrogen and oxygen atoms in total. The highest BCUT2D eigenvalue weighted by atomic mass is 35.5. The van der Waals surface area contributed by atoms with E-state index < -0.39 is 10.0 Å². The van der Waals surface area contributed by atoms with E-state index in [9.17, 15) is 13.2 Å². The molecule has 2 fully saturated rings. The fourth-order valence-corrected chi connectivity index (χ4v) is 3.66. The minimum atomic E-state index is -3.36. The van der Waals surface area contributed by atoms with Gasteiger partial charge in [-0.2, -0.15) is 0 Å². The van der Waals surface area contributed by atoms with Crippen molar-refractivity contribution in [3.8, 4) is 0 Å². The lowest BCUT2D eigenvalue weighted by Crippen LogP contribution is -2.45. The van der Waals surface area contributed by atoms with Crippen LogP contribution in [0.4, 0.5) is 0 Å². The summed E-state index contributed by atoms with van der Waals surface area (Å²) < 4.78 is 24.4. The Morgan fingerprint density at radius 1 is 1.23 bits per heavy atom. The van der Waals surface area contributed by atoms with Crippen LogP contribution in [0.1, 0.15) is 18.7 Å². The van der Waals surface area contributed by atoms with Crippen molar-refractivity contribution in [2.75, 3.05) is 25.9 Å². The van der Waals surface area contributed by atoms with Crippen molar-refractivity contribution in [1.82, 2.24) is 24.9 Å². The molecule has 2 heterocycles. The highest BCUT2D eigenvalue weighted by molar-refractivity contribution is 7.88. The number of nitrogens with zero attached hydrogens (tertiary/aromatic N) is 3. The van der Waals surface area contributed by atoms with Crippen LogP contribution in [0.5, 0.6) is 0 Å². The van der Waals surface area contributed by atoms with Crippen molar-refractivity contribution in [2.24, 2.45) is 11.8 Å². The molecule has 148 valence electrons. The van der Waals surface area contributed by atoms with Crippen LogP contribution >= 0.6 is 24.8 Å². The zero-order chi connectivity index (χ0) is 17.2. The fraction of sp³-hybridized carbons (Fsp3) is 0.667. The topological polar surface area (TPSA) is 104 Å². The van der Waals surface area contributed by atoms with Crippen LogP contribution in [-0.4, -0.2) is 61.1 Å². The normalized spacial score (nSPS) is 23.0. The molecular formula is C15H25Cl2N5O3S. The summed E-state index contributed by atoms with van der Waals surface area (Å²) in [6.07, 6.45) is 6.91. The van der Waals surface area contributed by atoms with Gasteiger partial charge in [-0.15, -0.1) is 24.8 Å². The third kappa shape index (κ3) is 6.96. The molecule has 1 amide bonds. The van der Waals surface area contributed by atoms with Crippen molar-refractivity contribution in [1.29, 1.82) is 0 Å². The molecule has 11 heteroatoms. The standard InChI is InChI=1S/C15H23N5O3S.2ClH/c1-24(22,23)18-7-15(21)19-13-9-20(8-12(13)11-3-4-11)10-14-16-5-2-6-17-14;;/h2,5-6,11-13,18H,3-4,7-10H2,1H3,(H,19,21);2*1H/t12-,13+;;/m1../s1. The second kappa shape index (κ2) is 9.80. The van der Waals surface area contributed by atoms with E-state index in [2.05, 4.69) is 24.9 Å². The van der Waals surface area contributed by atoms with E-state index in [1.165, 1.54) is 12.8 Å². The van der Waals surface area contributed by atoms with Crippen LogP contribution in [0, 0.1) is 11.8 Å². The molecule has 1 saturated carbocycles. The molecule has 0 spiro atoms. The van der Waals surface area contributed by atoms with E-state index in [1.54, 1.807) is 18.5 Å². The molecule has 26 heavy (non-hydrogen) atoms. The van der Waals surface area contributed by atoms with E-state index in [-0.39, 0.29) is 43.3 Å². The van der Waals surface area contributed by atoms with Gasteiger partial charge in [0, 0.05) is 31.5 Å². The molecule has 0 bridgehead atoms. The molecule has 1 aliphatic carbocycles. The van der Waals surface area contributed by atoms with Gasteiger partial charge < -0.3 is 5.32 Å². The first-order valence-corrected chi connectivity index (χ1v) is 10.0. The van der Waals surface area contributed by atoms with Crippen molar-refractivity contribution in [2.45, 2.75) is 25.4 Å². The number of halogens is 2. The molecule has 2 atom stereocenters. The minimum Gasteiger partial charge on any atom is -0.351 e. The summed E-state index contributed by atoms with van der Waals surface area (Å²) in [5.74, 6) is 1.56. The maximum Gasteiger partial charge on any atom is 0.235 e. The molecular weight excluding hydrogens is 401 g/mol. The molecule has 1 saturated heterocycles. The molecule has 0 unspecified atom stereocenters. The lowest BCUT2D eigenvalue weighted by Gasteiger charge is -2.19. The van der Waals surface area contributed by atoms with Gasteiger partial charge in [0.25, 0.3) is 0 Å². The number of hydrogen-bond donors (Lipinski definition) is 2. The summed E-state index contributed by atoms with van der Waals surface area (Å²) in [4.78, 5) is 22.8. The second-order valence-electron chi connectivity index (χ2n) is 6.63. The van der Waals surface area contributed by atoms with E-state index >= 15 is 0 Å².